The molecule has 1 saturated heterocycles. The highest BCUT2D eigenvalue weighted by Gasteiger charge is 2.33. The molecule has 6 nitrogen and oxygen atoms in total. The number of carbonyl (C=O) groups excluding carboxylic acids is 1. The summed E-state index contributed by atoms with van der Waals surface area (Å²) in [7, 11) is 0. The lowest BCUT2D eigenvalue weighted by Gasteiger charge is -2.34. The molecule has 2 heterocycles. The summed E-state index contributed by atoms with van der Waals surface area (Å²) >= 11 is 0. The van der Waals surface area contributed by atoms with Gasteiger partial charge in [-0.15, -0.1) is 0 Å². The third kappa shape index (κ3) is 5.96. The average Bonchev–Trinajstić information content (AvgIpc) is 3.23. The largest absolute Gasteiger partial charge is 0.447 e. The second kappa shape index (κ2) is 9.72. The lowest BCUT2D eigenvalue weighted by atomic mass is 10.1. The van der Waals surface area contributed by atoms with Gasteiger partial charge in [0, 0.05) is 38.4 Å². The van der Waals surface area contributed by atoms with Crippen LogP contribution in [0.5, 0.6) is 0 Å². The van der Waals surface area contributed by atoms with Crippen molar-refractivity contribution in [1.29, 1.82) is 0 Å². The van der Waals surface area contributed by atoms with Crippen LogP contribution in [0.25, 0.3) is 0 Å². The summed E-state index contributed by atoms with van der Waals surface area (Å²) in [5.41, 5.74) is 0.0563. The van der Waals surface area contributed by atoms with Gasteiger partial charge in [0.2, 0.25) is 5.89 Å². The maximum absolute atomic E-state index is 13.3. The summed E-state index contributed by atoms with van der Waals surface area (Å²) in [5.74, 6) is -0.617. The van der Waals surface area contributed by atoms with Crippen LogP contribution in [0.3, 0.4) is 0 Å². The molecule has 3 aromatic rings. The smallest absolute Gasteiger partial charge is 0.416 e. The number of alkyl halides is 3. The number of amides is 1. The van der Waals surface area contributed by atoms with E-state index < -0.39 is 23.5 Å². The van der Waals surface area contributed by atoms with Crippen LogP contribution in [0.4, 0.5) is 23.2 Å². The van der Waals surface area contributed by atoms with Crippen LogP contribution in [0, 0.1) is 5.82 Å². The number of nitrogens with one attached hydrogen (secondary N) is 1. The molecular formula is C23H22F4N4O2. The molecule has 0 spiro atoms. The first-order valence-electron chi connectivity index (χ1n) is 10.4. The van der Waals surface area contributed by atoms with Crippen LogP contribution in [-0.4, -0.2) is 46.9 Å². The van der Waals surface area contributed by atoms with E-state index in [4.69, 9.17) is 4.42 Å². The summed E-state index contributed by atoms with van der Waals surface area (Å²) in [5, 5.41) is 2.56. The van der Waals surface area contributed by atoms with Crippen molar-refractivity contribution in [2.24, 2.45) is 0 Å². The van der Waals surface area contributed by atoms with E-state index >= 15 is 0 Å². The van der Waals surface area contributed by atoms with Gasteiger partial charge < -0.3 is 9.73 Å². The molecule has 0 unspecified atom stereocenters. The highest BCUT2D eigenvalue weighted by Crippen LogP contribution is 2.32. The van der Waals surface area contributed by atoms with Crippen molar-refractivity contribution < 1.29 is 26.8 Å². The molecule has 0 radical (unpaired) electrons. The summed E-state index contributed by atoms with van der Waals surface area (Å²) < 4.78 is 58.3. The van der Waals surface area contributed by atoms with Crippen LogP contribution in [0.1, 0.15) is 27.5 Å². The number of anilines is 1. The Hall–Kier alpha value is -3.24. The molecule has 33 heavy (non-hydrogen) atoms. The van der Waals surface area contributed by atoms with Crippen LogP contribution in [-0.2, 0) is 19.3 Å². The van der Waals surface area contributed by atoms with Gasteiger partial charge >= 0.3 is 6.18 Å². The molecule has 1 amide bonds. The fourth-order valence-electron chi connectivity index (χ4n) is 3.72. The molecular weight excluding hydrogens is 440 g/mol. The molecule has 0 atom stereocenters. The summed E-state index contributed by atoms with van der Waals surface area (Å²) in [6.45, 7) is 3.05. The van der Waals surface area contributed by atoms with Crippen molar-refractivity contribution in [3.8, 4) is 0 Å². The van der Waals surface area contributed by atoms with Gasteiger partial charge in [0.25, 0.3) is 5.91 Å². The Morgan fingerprint density at radius 1 is 1.00 bits per heavy atom. The summed E-state index contributed by atoms with van der Waals surface area (Å²) in [6, 6.07) is 11.2. The van der Waals surface area contributed by atoms with Crippen molar-refractivity contribution in [2.45, 2.75) is 19.3 Å². The van der Waals surface area contributed by atoms with Gasteiger partial charge in [0.05, 0.1) is 12.1 Å². The minimum Gasteiger partial charge on any atom is -0.447 e. The molecule has 4 rings (SSSR count). The predicted molar refractivity (Wildman–Crippen MR) is 113 cm³/mol. The molecule has 1 aliphatic rings. The molecule has 0 bridgehead atoms. The second-order valence-electron chi connectivity index (χ2n) is 7.80. The Bertz CT molecular complexity index is 1110. The van der Waals surface area contributed by atoms with Crippen LogP contribution in [0.2, 0.25) is 0 Å². The van der Waals surface area contributed by atoms with Gasteiger partial charge in [0.15, 0.2) is 5.69 Å². The van der Waals surface area contributed by atoms with Crippen molar-refractivity contribution in [3.05, 3.63) is 83.3 Å². The van der Waals surface area contributed by atoms with E-state index in [-0.39, 0.29) is 17.8 Å². The SMILES string of the molecule is O=C(Nc1cccc(F)c1)c1coc(CN2CCN(Cc3ccccc3C(F)(F)F)CC2)n1. The van der Waals surface area contributed by atoms with Crippen molar-refractivity contribution in [1.82, 2.24) is 14.8 Å². The average molecular weight is 462 g/mol. The highest BCUT2D eigenvalue weighted by atomic mass is 19.4. The molecule has 174 valence electrons. The standard InChI is InChI=1S/C23H22F4N4O2/c24-17-5-3-6-18(12-17)28-22(32)20-15-33-21(29-20)14-31-10-8-30(9-11-31)13-16-4-1-2-7-19(16)23(25,26)27/h1-7,12,15H,8-11,13-14H2,(H,28,32). The van der Waals surface area contributed by atoms with Crippen molar-refractivity contribution in [3.63, 3.8) is 0 Å². The topological polar surface area (TPSA) is 61.6 Å². The van der Waals surface area contributed by atoms with E-state index in [1.807, 2.05) is 4.90 Å². The van der Waals surface area contributed by atoms with Crippen LogP contribution in [0.15, 0.2) is 59.2 Å². The molecule has 10 heteroatoms. The number of carbonyl (C=O) groups is 1. The van der Waals surface area contributed by atoms with Crippen LogP contribution < -0.4 is 5.32 Å². The maximum atomic E-state index is 13.3. The zero-order valence-corrected chi connectivity index (χ0v) is 17.6. The number of oxazole rings is 1. The van der Waals surface area contributed by atoms with Gasteiger partial charge in [-0.3, -0.25) is 14.6 Å². The lowest BCUT2D eigenvalue weighted by molar-refractivity contribution is -0.138. The fraction of sp³-hybridized carbons (Fsp3) is 0.304. The van der Waals surface area contributed by atoms with Gasteiger partial charge in [-0.25, -0.2) is 9.37 Å². The number of aromatic nitrogens is 1. The van der Waals surface area contributed by atoms with Crippen LogP contribution >= 0.6 is 0 Å². The van der Waals surface area contributed by atoms with E-state index in [9.17, 15) is 22.4 Å². The molecule has 2 aromatic carbocycles. The third-order valence-corrected chi connectivity index (χ3v) is 5.41. The van der Waals surface area contributed by atoms with E-state index in [0.717, 1.165) is 6.07 Å². The maximum Gasteiger partial charge on any atom is 0.416 e. The Kier molecular flexibility index (Phi) is 6.75. The Labute approximate surface area is 187 Å². The van der Waals surface area contributed by atoms with Gasteiger partial charge in [-0.05, 0) is 29.8 Å². The van der Waals surface area contributed by atoms with E-state index in [2.05, 4.69) is 15.2 Å². The number of benzene rings is 2. The fourth-order valence-corrected chi connectivity index (χ4v) is 3.72. The first-order valence-corrected chi connectivity index (χ1v) is 10.4. The van der Waals surface area contributed by atoms with E-state index in [1.165, 1.54) is 36.6 Å². The lowest BCUT2D eigenvalue weighted by Crippen LogP contribution is -2.45. The highest BCUT2D eigenvalue weighted by molar-refractivity contribution is 6.02. The van der Waals surface area contributed by atoms with E-state index in [1.54, 1.807) is 12.1 Å². The Balaban J connectivity index is 1.29. The first kappa shape index (κ1) is 22.9. The van der Waals surface area contributed by atoms with Gasteiger partial charge in [-0.2, -0.15) is 13.2 Å². The van der Waals surface area contributed by atoms with Crippen molar-refractivity contribution >= 4 is 11.6 Å². The zero-order valence-electron chi connectivity index (χ0n) is 17.6. The number of hydrogen-bond acceptors (Lipinski definition) is 5. The first-order chi connectivity index (χ1) is 15.8. The molecule has 1 fully saturated rings. The minimum absolute atomic E-state index is 0.0802. The van der Waals surface area contributed by atoms with Gasteiger partial charge in [0.1, 0.15) is 12.1 Å². The molecule has 0 saturated carbocycles. The second-order valence-corrected chi connectivity index (χ2v) is 7.80. The normalized spacial score (nSPS) is 15.5. The third-order valence-electron chi connectivity index (χ3n) is 5.41. The summed E-state index contributed by atoms with van der Waals surface area (Å²) in [6.07, 6.45) is -3.13. The molecule has 1 aliphatic heterocycles. The molecule has 1 aromatic heterocycles. The Morgan fingerprint density at radius 2 is 1.70 bits per heavy atom. The number of rotatable bonds is 6. The monoisotopic (exact) mass is 462 g/mol. The Morgan fingerprint density at radius 3 is 2.39 bits per heavy atom. The number of halogens is 4. The minimum atomic E-state index is -4.37. The quantitative estimate of drug-likeness (QED) is 0.551. The van der Waals surface area contributed by atoms with E-state index in [0.29, 0.717) is 44.3 Å². The summed E-state index contributed by atoms with van der Waals surface area (Å²) in [4.78, 5) is 20.5. The van der Waals surface area contributed by atoms with Gasteiger partial charge in [-0.1, -0.05) is 24.3 Å². The number of nitrogens with zero attached hydrogens (tertiary/aromatic N) is 3. The number of piperazine rings is 1. The number of hydrogen-bond donors (Lipinski definition) is 1. The predicted octanol–water partition coefficient (Wildman–Crippen LogP) is 4.40. The van der Waals surface area contributed by atoms with Crippen molar-refractivity contribution in [2.75, 3.05) is 31.5 Å². The zero-order chi connectivity index (χ0) is 23.4. The molecule has 1 N–H and O–H groups in total. The molecule has 0 aliphatic carbocycles.